The minimum Gasteiger partial charge on any atom is -0.448 e. The zero-order valence-corrected chi connectivity index (χ0v) is 15.1. The molecule has 132 valence electrons. The number of aryl methyl sites for hydroxylation is 1. The van der Waals surface area contributed by atoms with E-state index in [0.717, 1.165) is 29.8 Å². The Morgan fingerprint density at radius 2 is 1.73 bits per heavy atom. The van der Waals surface area contributed by atoms with Crippen LogP contribution < -0.4 is 14.4 Å². The summed E-state index contributed by atoms with van der Waals surface area (Å²) in [5.74, 6) is 0.550. The molecule has 26 heavy (non-hydrogen) atoms. The van der Waals surface area contributed by atoms with Crippen LogP contribution in [-0.4, -0.2) is 19.1 Å². The molecule has 4 nitrogen and oxygen atoms in total. The van der Waals surface area contributed by atoms with Gasteiger partial charge >= 0.3 is 0 Å². The Labute approximate surface area is 154 Å². The molecule has 0 bridgehead atoms. The molecule has 0 radical (unpaired) electrons. The molecule has 4 rings (SSSR count). The summed E-state index contributed by atoms with van der Waals surface area (Å²) in [5.41, 5.74) is 3.23. The average molecular weight is 346 g/mol. The molecule has 3 aromatic rings. The van der Waals surface area contributed by atoms with E-state index in [1.54, 1.807) is 0 Å². The summed E-state index contributed by atoms with van der Waals surface area (Å²) in [4.78, 5) is 6.49. The summed E-state index contributed by atoms with van der Waals surface area (Å²) < 4.78 is 12.8. The van der Waals surface area contributed by atoms with Gasteiger partial charge in [0.2, 0.25) is 5.88 Å². The predicted octanol–water partition coefficient (Wildman–Crippen LogP) is 4.40. The van der Waals surface area contributed by atoms with E-state index in [1.165, 1.54) is 5.56 Å². The average Bonchev–Trinajstić information content (AvgIpc) is 2.69. The molecule has 0 amide bonds. The molecule has 1 unspecified atom stereocenters. The number of para-hydroxylation sites is 1. The lowest BCUT2D eigenvalue weighted by atomic mass is 9.94. The van der Waals surface area contributed by atoms with E-state index >= 15 is 0 Å². The third kappa shape index (κ3) is 3.10. The van der Waals surface area contributed by atoms with Crippen LogP contribution in [0.1, 0.15) is 17.5 Å². The number of aromatic nitrogens is 1. The van der Waals surface area contributed by atoms with Gasteiger partial charge in [-0.15, -0.1) is 0 Å². The number of ether oxygens (including phenoxy) is 2. The summed E-state index contributed by atoms with van der Waals surface area (Å²) >= 11 is 0. The van der Waals surface area contributed by atoms with Gasteiger partial charge in [-0.05, 0) is 24.1 Å². The second kappa shape index (κ2) is 6.71. The maximum Gasteiger partial charge on any atom is 0.279 e. The van der Waals surface area contributed by atoms with Crippen molar-refractivity contribution in [2.75, 3.05) is 19.0 Å². The van der Waals surface area contributed by atoms with Crippen molar-refractivity contribution in [3.63, 3.8) is 0 Å². The van der Waals surface area contributed by atoms with Gasteiger partial charge in [-0.2, -0.15) is 0 Å². The Bertz CT molecular complexity index is 878. The van der Waals surface area contributed by atoms with Gasteiger partial charge in [0.05, 0.1) is 11.9 Å². The topological polar surface area (TPSA) is 34.6 Å². The maximum atomic E-state index is 6.41. The van der Waals surface area contributed by atoms with Crippen molar-refractivity contribution >= 4 is 5.69 Å². The van der Waals surface area contributed by atoms with Crippen molar-refractivity contribution < 1.29 is 9.47 Å². The lowest BCUT2D eigenvalue weighted by molar-refractivity contribution is -0.137. The molecule has 4 heteroatoms. The molecule has 2 heterocycles. The van der Waals surface area contributed by atoms with Gasteiger partial charge in [0.1, 0.15) is 5.75 Å². The van der Waals surface area contributed by atoms with Gasteiger partial charge in [0.25, 0.3) is 5.79 Å². The van der Waals surface area contributed by atoms with Crippen LogP contribution in [-0.2, 0) is 12.2 Å². The van der Waals surface area contributed by atoms with Crippen LogP contribution in [0.4, 0.5) is 5.69 Å². The van der Waals surface area contributed by atoms with Crippen LogP contribution in [0.5, 0.6) is 11.6 Å². The van der Waals surface area contributed by atoms with Crippen LogP contribution >= 0.6 is 0 Å². The molecule has 0 aliphatic carbocycles. The molecule has 1 atom stereocenters. The Kier molecular flexibility index (Phi) is 4.25. The highest BCUT2D eigenvalue weighted by molar-refractivity contribution is 5.44. The van der Waals surface area contributed by atoms with Crippen LogP contribution in [0.25, 0.3) is 0 Å². The van der Waals surface area contributed by atoms with Gasteiger partial charge in [0.15, 0.2) is 0 Å². The molecule has 0 saturated carbocycles. The fourth-order valence-corrected chi connectivity index (χ4v) is 3.23. The monoisotopic (exact) mass is 346 g/mol. The quantitative estimate of drug-likeness (QED) is 0.701. The highest BCUT2D eigenvalue weighted by atomic mass is 16.7. The molecule has 0 N–H and O–H groups in total. The number of rotatable bonds is 4. The predicted molar refractivity (Wildman–Crippen MR) is 103 cm³/mol. The van der Waals surface area contributed by atoms with Gasteiger partial charge < -0.3 is 14.4 Å². The van der Waals surface area contributed by atoms with Crippen molar-refractivity contribution in [3.8, 4) is 11.6 Å². The zero-order chi connectivity index (χ0) is 18.0. The number of hydrogen-bond donors (Lipinski definition) is 0. The van der Waals surface area contributed by atoms with Crippen molar-refractivity contribution in [1.82, 2.24) is 4.98 Å². The van der Waals surface area contributed by atoms with Crippen molar-refractivity contribution in [2.45, 2.75) is 18.6 Å². The molecular formula is C22H22N2O2. The highest BCUT2D eigenvalue weighted by Crippen LogP contribution is 2.40. The fraction of sp³-hybridized carbons (Fsp3) is 0.227. The Morgan fingerprint density at radius 3 is 2.46 bits per heavy atom. The largest absolute Gasteiger partial charge is 0.448 e. The van der Waals surface area contributed by atoms with E-state index in [9.17, 15) is 0 Å². The first kappa shape index (κ1) is 16.5. The summed E-state index contributed by atoms with van der Waals surface area (Å²) in [5, 5.41) is 0. The molecule has 1 aromatic heterocycles. The van der Waals surface area contributed by atoms with Crippen LogP contribution in [0, 0.1) is 0 Å². The molecule has 1 aliphatic heterocycles. The minimum absolute atomic E-state index is 0.554. The summed E-state index contributed by atoms with van der Waals surface area (Å²) in [7, 11) is 3.98. The summed E-state index contributed by atoms with van der Waals surface area (Å²) in [6, 6.07) is 22.1. The molecule has 1 aliphatic rings. The van der Waals surface area contributed by atoms with E-state index in [4.69, 9.17) is 9.47 Å². The van der Waals surface area contributed by atoms with Crippen molar-refractivity contribution in [1.29, 1.82) is 0 Å². The highest BCUT2D eigenvalue weighted by Gasteiger charge is 2.41. The van der Waals surface area contributed by atoms with Crippen LogP contribution in [0.2, 0.25) is 0 Å². The normalized spacial score (nSPS) is 18.5. The van der Waals surface area contributed by atoms with E-state index in [1.807, 2.05) is 85.9 Å². The first-order valence-corrected chi connectivity index (χ1v) is 8.81. The first-order valence-electron chi connectivity index (χ1n) is 8.81. The smallest absolute Gasteiger partial charge is 0.279 e. The Hall–Kier alpha value is -3.01. The number of nitrogens with zero attached hydrogens (tertiary/aromatic N) is 2. The van der Waals surface area contributed by atoms with E-state index in [2.05, 4.69) is 11.1 Å². The molecule has 0 fully saturated rings. The number of anilines is 1. The first-order chi connectivity index (χ1) is 12.7. The molecule has 0 saturated heterocycles. The van der Waals surface area contributed by atoms with E-state index in [-0.39, 0.29) is 0 Å². The number of benzene rings is 2. The molecule has 2 aromatic carbocycles. The van der Waals surface area contributed by atoms with E-state index in [0.29, 0.717) is 5.88 Å². The SMILES string of the molecule is CN(C)c1ccc(OC2(c3ccccc3)CCc3ccccc3O2)nc1. The minimum atomic E-state index is -0.873. The third-order valence-corrected chi connectivity index (χ3v) is 4.69. The summed E-state index contributed by atoms with van der Waals surface area (Å²) in [6.07, 6.45) is 3.43. The van der Waals surface area contributed by atoms with Gasteiger partial charge in [-0.25, -0.2) is 4.98 Å². The number of fused-ring (bicyclic) bond motifs is 1. The summed E-state index contributed by atoms with van der Waals surface area (Å²) in [6.45, 7) is 0. The second-order valence-corrected chi connectivity index (χ2v) is 6.68. The van der Waals surface area contributed by atoms with Crippen LogP contribution in [0.15, 0.2) is 72.9 Å². The Morgan fingerprint density at radius 1 is 0.962 bits per heavy atom. The van der Waals surface area contributed by atoms with Gasteiger partial charge in [0, 0.05) is 32.1 Å². The molecular weight excluding hydrogens is 324 g/mol. The fourth-order valence-electron chi connectivity index (χ4n) is 3.23. The van der Waals surface area contributed by atoms with Gasteiger partial charge in [-0.3, -0.25) is 0 Å². The Balaban J connectivity index is 1.71. The van der Waals surface area contributed by atoms with Crippen molar-refractivity contribution in [2.24, 2.45) is 0 Å². The van der Waals surface area contributed by atoms with Gasteiger partial charge in [-0.1, -0.05) is 48.5 Å². The molecule has 0 spiro atoms. The van der Waals surface area contributed by atoms with E-state index < -0.39 is 5.79 Å². The maximum absolute atomic E-state index is 6.41. The lowest BCUT2D eigenvalue weighted by Crippen LogP contribution is -2.42. The standard InChI is InChI=1S/C22H22N2O2/c1-24(2)19-12-13-21(23-16-19)26-22(18-9-4-3-5-10-18)15-14-17-8-6-7-11-20(17)25-22/h3-13,16H,14-15H2,1-2H3. The number of hydrogen-bond acceptors (Lipinski definition) is 4. The van der Waals surface area contributed by atoms with Crippen LogP contribution in [0.3, 0.4) is 0 Å². The lowest BCUT2D eigenvalue weighted by Gasteiger charge is -2.38. The zero-order valence-electron chi connectivity index (χ0n) is 15.1. The van der Waals surface area contributed by atoms with Crippen molar-refractivity contribution in [3.05, 3.63) is 84.1 Å². The number of pyridine rings is 1. The third-order valence-electron chi connectivity index (χ3n) is 4.69. The second-order valence-electron chi connectivity index (χ2n) is 6.68.